The molecule has 1 aliphatic heterocycles. The Labute approximate surface area is 192 Å². The summed E-state index contributed by atoms with van der Waals surface area (Å²) < 4.78 is 26.7. The molecule has 0 saturated carbocycles. The molecule has 0 spiro atoms. The first-order chi connectivity index (χ1) is 15.1. The molecular formula is C22H23ClN4O4S. The van der Waals surface area contributed by atoms with Crippen LogP contribution in [0.15, 0.2) is 53.4 Å². The number of likely N-dealkylation sites (N-methyl/N-ethyl adjacent to an activating group) is 1. The molecule has 0 aliphatic carbocycles. The predicted octanol–water partition coefficient (Wildman–Crippen LogP) is 2.26. The molecule has 0 bridgehead atoms. The summed E-state index contributed by atoms with van der Waals surface area (Å²) >= 11 is 5.86. The molecule has 1 saturated heterocycles. The molecule has 32 heavy (non-hydrogen) atoms. The van der Waals surface area contributed by atoms with E-state index in [1.165, 1.54) is 40.5 Å². The number of nitrogens with one attached hydrogen (secondary N) is 1. The van der Waals surface area contributed by atoms with E-state index >= 15 is 0 Å². The van der Waals surface area contributed by atoms with Gasteiger partial charge in [-0.05, 0) is 42.8 Å². The first-order valence-electron chi connectivity index (χ1n) is 9.92. The molecule has 2 amide bonds. The molecule has 1 aliphatic rings. The predicted molar refractivity (Wildman–Crippen MR) is 119 cm³/mol. The molecule has 168 valence electrons. The number of hydrogen-bond donors (Lipinski definition) is 1. The van der Waals surface area contributed by atoms with Crippen molar-refractivity contribution in [2.45, 2.75) is 24.4 Å². The molecule has 8 nitrogen and oxygen atoms in total. The molecule has 2 aromatic carbocycles. The summed E-state index contributed by atoms with van der Waals surface area (Å²) in [6.45, 7) is 2.16. The van der Waals surface area contributed by atoms with Gasteiger partial charge >= 0.3 is 0 Å². The third-order valence-electron chi connectivity index (χ3n) is 5.41. The molecule has 0 radical (unpaired) electrons. The zero-order valence-electron chi connectivity index (χ0n) is 17.7. The van der Waals surface area contributed by atoms with E-state index < -0.39 is 22.0 Å². The van der Waals surface area contributed by atoms with E-state index in [0.717, 1.165) is 5.56 Å². The Hall–Kier alpha value is -2.93. The van der Waals surface area contributed by atoms with Crippen LogP contribution in [0.3, 0.4) is 0 Å². The maximum atomic E-state index is 12.9. The standard InChI is InChI=1S/C22H23ClN4O4S/c1-15(21(28)25-12-16-6-8-19(23)9-7-16)26(2)22(29)18-4-3-5-20(10-18)32(30,31)27-13-17(11-24)14-27/h3-10,15,17H,12-14H2,1-2H3,(H,25,28)/t15-/m1/s1. The summed E-state index contributed by atoms with van der Waals surface area (Å²) in [5.74, 6) is -1.13. The van der Waals surface area contributed by atoms with E-state index in [-0.39, 0.29) is 41.9 Å². The zero-order chi connectivity index (χ0) is 23.5. The van der Waals surface area contributed by atoms with Crippen LogP contribution in [0.1, 0.15) is 22.8 Å². The van der Waals surface area contributed by atoms with Gasteiger partial charge in [0.2, 0.25) is 15.9 Å². The average molecular weight is 475 g/mol. The van der Waals surface area contributed by atoms with Gasteiger partial charge in [0.15, 0.2) is 0 Å². The normalized spacial score (nSPS) is 15.3. The van der Waals surface area contributed by atoms with Gasteiger partial charge in [-0.3, -0.25) is 9.59 Å². The van der Waals surface area contributed by atoms with Crippen LogP contribution < -0.4 is 5.32 Å². The van der Waals surface area contributed by atoms with E-state index in [9.17, 15) is 18.0 Å². The number of sulfonamides is 1. The minimum Gasteiger partial charge on any atom is -0.350 e. The van der Waals surface area contributed by atoms with E-state index in [4.69, 9.17) is 16.9 Å². The number of benzene rings is 2. The number of carbonyl (C=O) groups is 2. The quantitative estimate of drug-likeness (QED) is 0.661. The first kappa shape index (κ1) is 23.7. The maximum Gasteiger partial charge on any atom is 0.254 e. The lowest BCUT2D eigenvalue weighted by molar-refractivity contribution is -0.124. The Morgan fingerprint density at radius 1 is 1.25 bits per heavy atom. The van der Waals surface area contributed by atoms with Crippen molar-refractivity contribution in [3.05, 3.63) is 64.7 Å². The van der Waals surface area contributed by atoms with Crippen LogP contribution in [0.5, 0.6) is 0 Å². The molecule has 1 heterocycles. The lowest BCUT2D eigenvalue weighted by atomic mass is 10.1. The molecule has 0 unspecified atom stereocenters. The number of amides is 2. The molecule has 10 heteroatoms. The molecular weight excluding hydrogens is 452 g/mol. The van der Waals surface area contributed by atoms with Gasteiger partial charge in [0.05, 0.1) is 16.9 Å². The number of rotatable bonds is 7. The SMILES string of the molecule is C[C@H](C(=O)NCc1ccc(Cl)cc1)N(C)C(=O)c1cccc(S(=O)(=O)N2CC(C#N)C2)c1. The number of halogens is 1. The fraction of sp³-hybridized carbons (Fsp3) is 0.318. The van der Waals surface area contributed by atoms with Gasteiger partial charge in [-0.25, -0.2) is 8.42 Å². The van der Waals surface area contributed by atoms with Crippen LogP contribution in [-0.4, -0.2) is 55.6 Å². The topological polar surface area (TPSA) is 111 Å². The van der Waals surface area contributed by atoms with Crippen molar-refractivity contribution in [3.8, 4) is 6.07 Å². The van der Waals surface area contributed by atoms with Crippen LogP contribution in [0.25, 0.3) is 0 Å². The molecule has 1 N–H and O–H groups in total. The summed E-state index contributed by atoms with van der Waals surface area (Å²) in [4.78, 5) is 26.7. The summed E-state index contributed by atoms with van der Waals surface area (Å²) in [6, 6.07) is 14.0. The third-order valence-corrected chi connectivity index (χ3v) is 7.49. The van der Waals surface area contributed by atoms with E-state index in [0.29, 0.717) is 5.02 Å². The van der Waals surface area contributed by atoms with Crippen molar-refractivity contribution < 1.29 is 18.0 Å². The highest BCUT2D eigenvalue weighted by molar-refractivity contribution is 7.89. The van der Waals surface area contributed by atoms with Crippen molar-refractivity contribution in [2.24, 2.45) is 5.92 Å². The monoisotopic (exact) mass is 474 g/mol. The van der Waals surface area contributed by atoms with Crippen LogP contribution in [0.2, 0.25) is 5.02 Å². The highest BCUT2D eigenvalue weighted by Crippen LogP contribution is 2.25. The van der Waals surface area contributed by atoms with Crippen LogP contribution >= 0.6 is 11.6 Å². The number of hydrogen-bond acceptors (Lipinski definition) is 5. The van der Waals surface area contributed by atoms with E-state index in [1.807, 2.05) is 6.07 Å². The van der Waals surface area contributed by atoms with Crippen molar-refractivity contribution >= 4 is 33.4 Å². The van der Waals surface area contributed by atoms with Crippen LogP contribution in [0.4, 0.5) is 0 Å². The second-order valence-corrected chi connectivity index (χ2v) is 9.99. The number of nitrogens with zero attached hydrogens (tertiary/aromatic N) is 3. The smallest absolute Gasteiger partial charge is 0.254 e. The summed E-state index contributed by atoms with van der Waals surface area (Å²) in [6.07, 6.45) is 0. The summed E-state index contributed by atoms with van der Waals surface area (Å²) in [5, 5.41) is 12.2. The maximum absolute atomic E-state index is 12.9. The Morgan fingerprint density at radius 2 is 1.91 bits per heavy atom. The molecule has 0 aromatic heterocycles. The fourth-order valence-corrected chi connectivity index (χ4v) is 4.85. The highest BCUT2D eigenvalue weighted by Gasteiger charge is 2.37. The van der Waals surface area contributed by atoms with Gasteiger partial charge in [-0.15, -0.1) is 0 Å². The molecule has 1 fully saturated rings. The minimum absolute atomic E-state index is 0.0204. The lowest BCUT2D eigenvalue weighted by Crippen LogP contribution is -2.49. The number of nitriles is 1. The molecule has 2 aromatic rings. The van der Waals surface area contributed by atoms with Crippen LogP contribution in [0, 0.1) is 17.2 Å². The third kappa shape index (κ3) is 5.10. The summed E-state index contributed by atoms with van der Waals surface area (Å²) in [7, 11) is -2.29. The van der Waals surface area contributed by atoms with E-state index in [1.54, 1.807) is 31.2 Å². The fourth-order valence-electron chi connectivity index (χ4n) is 3.15. The van der Waals surface area contributed by atoms with Gasteiger partial charge in [0.1, 0.15) is 6.04 Å². The largest absolute Gasteiger partial charge is 0.350 e. The number of carbonyl (C=O) groups excluding carboxylic acids is 2. The Bertz CT molecular complexity index is 1160. The highest BCUT2D eigenvalue weighted by atomic mass is 35.5. The molecule has 1 atom stereocenters. The summed E-state index contributed by atoms with van der Waals surface area (Å²) in [5.41, 5.74) is 1.02. The Balaban J connectivity index is 1.66. The van der Waals surface area contributed by atoms with Crippen molar-refractivity contribution in [2.75, 3.05) is 20.1 Å². The van der Waals surface area contributed by atoms with Gasteiger partial charge in [-0.2, -0.15) is 9.57 Å². The molecule has 3 rings (SSSR count). The van der Waals surface area contributed by atoms with Crippen molar-refractivity contribution in [1.29, 1.82) is 5.26 Å². The van der Waals surface area contributed by atoms with Gasteiger partial charge in [0.25, 0.3) is 5.91 Å². The van der Waals surface area contributed by atoms with Gasteiger partial charge in [-0.1, -0.05) is 29.8 Å². The van der Waals surface area contributed by atoms with E-state index in [2.05, 4.69) is 5.32 Å². The first-order valence-corrected chi connectivity index (χ1v) is 11.7. The van der Waals surface area contributed by atoms with Gasteiger partial charge in [0, 0.05) is 37.3 Å². The minimum atomic E-state index is -3.78. The lowest BCUT2D eigenvalue weighted by Gasteiger charge is -2.34. The second kappa shape index (κ2) is 9.69. The van der Waals surface area contributed by atoms with Gasteiger partial charge < -0.3 is 10.2 Å². The Kier molecular flexibility index (Phi) is 7.19. The van der Waals surface area contributed by atoms with Crippen molar-refractivity contribution in [1.82, 2.24) is 14.5 Å². The zero-order valence-corrected chi connectivity index (χ0v) is 19.2. The Morgan fingerprint density at radius 3 is 2.53 bits per heavy atom. The van der Waals surface area contributed by atoms with Crippen LogP contribution in [-0.2, 0) is 21.4 Å². The van der Waals surface area contributed by atoms with Crippen molar-refractivity contribution in [3.63, 3.8) is 0 Å². The average Bonchev–Trinajstić information content (AvgIpc) is 2.76. The second-order valence-electron chi connectivity index (χ2n) is 7.61.